The van der Waals surface area contributed by atoms with E-state index in [0.29, 0.717) is 29.7 Å². The van der Waals surface area contributed by atoms with Gasteiger partial charge < -0.3 is 19.3 Å². The van der Waals surface area contributed by atoms with Gasteiger partial charge in [0.1, 0.15) is 12.4 Å². The number of benzene rings is 2. The Morgan fingerprint density at radius 3 is 2.67 bits per heavy atom. The van der Waals surface area contributed by atoms with Crippen molar-refractivity contribution in [1.82, 2.24) is 15.1 Å². The topological polar surface area (TPSA) is 102 Å². The molecule has 2 aromatic heterocycles. The fourth-order valence-electron chi connectivity index (χ4n) is 3.65. The molecule has 1 N–H and O–H groups in total. The van der Waals surface area contributed by atoms with E-state index in [4.69, 9.17) is 14.4 Å². The Balaban J connectivity index is 1.66. The maximum absolute atomic E-state index is 11.0. The minimum absolute atomic E-state index is 0.163. The largest absolute Gasteiger partial charge is 0.480 e. The molecule has 0 saturated carbocycles. The summed E-state index contributed by atoms with van der Waals surface area (Å²) in [4.78, 5) is 21.3. The van der Waals surface area contributed by atoms with Crippen LogP contribution in [0.15, 0.2) is 65.3 Å². The predicted molar refractivity (Wildman–Crippen MR) is 125 cm³/mol. The Labute approximate surface area is 191 Å². The van der Waals surface area contributed by atoms with E-state index in [1.165, 1.54) is 10.5 Å². The minimum Gasteiger partial charge on any atom is -0.480 e. The molecule has 0 bridgehead atoms. The first-order chi connectivity index (χ1) is 16.0. The molecule has 0 fully saturated rings. The summed E-state index contributed by atoms with van der Waals surface area (Å²) in [6.07, 6.45) is 1.59. The molecular weight excluding hydrogens is 420 g/mol. The number of anilines is 1. The normalized spacial score (nSPS) is 10.9. The van der Waals surface area contributed by atoms with Crippen molar-refractivity contribution in [2.75, 3.05) is 25.6 Å². The van der Waals surface area contributed by atoms with Gasteiger partial charge in [-0.05, 0) is 53.4 Å². The number of rotatable bonds is 8. The lowest BCUT2D eigenvalue weighted by molar-refractivity contribution is -0.135. The number of carboxylic acids is 1. The van der Waals surface area contributed by atoms with E-state index in [1.807, 2.05) is 30.3 Å². The number of nitrogens with zero attached hydrogens (tertiary/aromatic N) is 4. The van der Waals surface area contributed by atoms with Crippen molar-refractivity contribution in [1.29, 1.82) is 0 Å². The predicted octanol–water partition coefficient (Wildman–Crippen LogP) is 4.44. The zero-order chi connectivity index (χ0) is 23.4. The van der Waals surface area contributed by atoms with E-state index < -0.39 is 5.97 Å². The molecule has 33 heavy (non-hydrogen) atoms. The Bertz CT molecular complexity index is 1280. The molecule has 8 nitrogen and oxygen atoms in total. The van der Waals surface area contributed by atoms with Crippen LogP contribution in [0.5, 0.6) is 0 Å². The maximum atomic E-state index is 11.0. The smallest absolute Gasteiger partial charge is 0.323 e. The lowest BCUT2D eigenvalue weighted by Crippen LogP contribution is -2.25. The van der Waals surface area contributed by atoms with Gasteiger partial charge in [-0.25, -0.2) is 4.98 Å². The Morgan fingerprint density at radius 1 is 1.09 bits per heavy atom. The first kappa shape index (κ1) is 22.2. The van der Waals surface area contributed by atoms with Crippen molar-refractivity contribution < 1.29 is 19.2 Å². The second-order valence-electron chi connectivity index (χ2n) is 7.70. The molecule has 8 heteroatoms. The third-order valence-corrected chi connectivity index (χ3v) is 5.28. The van der Waals surface area contributed by atoms with Crippen molar-refractivity contribution in [3.63, 3.8) is 0 Å². The molecule has 4 rings (SSSR count). The van der Waals surface area contributed by atoms with Gasteiger partial charge in [0.15, 0.2) is 0 Å². The summed E-state index contributed by atoms with van der Waals surface area (Å²) in [7, 11) is 3.33. The number of likely N-dealkylation sites (N-methyl/N-ethyl adjacent to an activating group) is 1. The van der Waals surface area contributed by atoms with Gasteiger partial charge in [-0.2, -0.15) is 4.98 Å². The van der Waals surface area contributed by atoms with Crippen LogP contribution in [0.25, 0.3) is 34.0 Å². The van der Waals surface area contributed by atoms with Crippen molar-refractivity contribution in [3.05, 3.63) is 71.9 Å². The molecule has 0 saturated heterocycles. The van der Waals surface area contributed by atoms with Gasteiger partial charge in [-0.15, -0.1) is 0 Å². The highest BCUT2D eigenvalue weighted by atomic mass is 16.5. The number of carbonyl (C=O) groups is 1. The highest BCUT2D eigenvalue weighted by Crippen LogP contribution is 2.32. The van der Waals surface area contributed by atoms with E-state index >= 15 is 0 Å². The minimum atomic E-state index is -0.937. The number of carboxylic acid groups (broad SMARTS) is 1. The molecule has 0 aliphatic rings. The van der Waals surface area contributed by atoms with Crippen LogP contribution in [0, 0.1) is 6.92 Å². The average molecular weight is 444 g/mol. The molecule has 2 aromatic carbocycles. The lowest BCUT2D eigenvalue weighted by Gasteiger charge is -2.15. The maximum Gasteiger partial charge on any atom is 0.323 e. The standard InChI is InChI=1S/C25H24N4O4/c1-16-6-4-5-7-20(16)21-9-8-18(12-19(21)15-32-3)25-27-24(28-33-25)17-10-11-26-22(13-17)29(2)14-23(30)31/h4-13H,14-15H2,1-3H3,(H,30,31). The average Bonchev–Trinajstić information content (AvgIpc) is 3.30. The van der Waals surface area contributed by atoms with E-state index in [2.05, 4.69) is 34.2 Å². The Hall–Kier alpha value is -4.04. The van der Waals surface area contributed by atoms with Gasteiger partial charge in [-0.1, -0.05) is 35.5 Å². The molecule has 0 radical (unpaired) electrons. The van der Waals surface area contributed by atoms with E-state index in [-0.39, 0.29) is 6.54 Å². The molecular formula is C25H24N4O4. The van der Waals surface area contributed by atoms with Crippen LogP contribution in [0.4, 0.5) is 5.82 Å². The monoisotopic (exact) mass is 444 g/mol. The zero-order valence-corrected chi connectivity index (χ0v) is 18.6. The number of aromatic nitrogens is 3. The quantitative estimate of drug-likeness (QED) is 0.426. The third kappa shape index (κ3) is 4.91. The molecule has 0 unspecified atom stereocenters. The number of pyridine rings is 1. The molecule has 0 aliphatic carbocycles. The van der Waals surface area contributed by atoms with Gasteiger partial charge in [-0.3, -0.25) is 4.79 Å². The van der Waals surface area contributed by atoms with Crippen molar-refractivity contribution in [2.45, 2.75) is 13.5 Å². The van der Waals surface area contributed by atoms with Crippen LogP contribution in [0.1, 0.15) is 11.1 Å². The van der Waals surface area contributed by atoms with Crippen molar-refractivity contribution in [3.8, 4) is 34.0 Å². The third-order valence-electron chi connectivity index (χ3n) is 5.28. The van der Waals surface area contributed by atoms with E-state index in [9.17, 15) is 4.79 Å². The number of hydrogen-bond acceptors (Lipinski definition) is 7. The summed E-state index contributed by atoms with van der Waals surface area (Å²) in [5.74, 6) is 0.350. The summed E-state index contributed by atoms with van der Waals surface area (Å²) >= 11 is 0. The summed E-state index contributed by atoms with van der Waals surface area (Å²) in [6.45, 7) is 2.37. The molecule has 4 aromatic rings. The van der Waals surface area contributed by atoms with Crippen LogP contribution in [0.2, 0.25) is 0 Å². The Kier molecular flexibility index (Phi) is 6.46. The van der Waals surface area contributed by atoms with Crippen LogP contribution in [-0.4, -0.2) is 46.9 Å². The van der Waals surface area contributed by atoms with Crippen LogP contribution >= 0.6 is 0 Å². The van der Waals surface area contributed by atoms with Crippen LogP contribution in [0.3, 0.4) is 0 Å². The summed E-state index contributed by atoms with van der Waals surface area (Å²) in [6, 6.07) is 17.7. The second-order valence-corrected chi connectivity index (χ2v) is 7.70. The number of ether oxygens (including phenoxy) is 1. The van der Waals surface area contributed by atoms with E-state index in [1.54, 1.807) is 32.5 Å². The highest BCUT2D eigenvalue weighted by molar-refractivity contribution is 5.75. The number of methoxy groups -OCH3 is 1. The summed E-state index contributed by atoms with van der Waals surface area (Å²) in [5, 5.41) is 13.1. The molecule has 0 amide bonds. The second kappa shape index (κ2) is 9.62. The summed E-state index contributed by atoms with van der Waals surface area (Å²) < 4.78 is 11.0. The van der Waals surface area contributed by atoms with Gasteiger partial charge >= 0.3 is 5.97 Å². The van der Waals surface area contributed by atoms with Gasteiger partial charge in [0.05, 0.1) is 6.61 Å². The van der Waals surface area contributed by atoms with Crippen molar-refractivity contribution >= 4 is 11.8 Å². The highest BCUT2D eigenvalue weighted by Gasteiger charge is 2.16. The number of aliphatic carboxylic acids is 1. The number of hydrogen-bond donors (Lipinski definition) is 1. The molecule has 0 atom stereocenters. The zero-order valence-electron chi connectivity index (χ0n) is 18.6. The Morgan fingerprint density at radius 2 is 1.91 bits per heavy atom. The van der Waals surface area contributed by atoms with Crippen molar-refractivity contribution in [2.24, 2.45) is 0 Å². The van der Waals surface area contributed by atoms with Gasteiger partial charge in [0.25, 0.3) is 5.89 Å². The van der Waals surface area contributed by atoms with Gasteiger partial charge in [0, 0.05) is 31.5 Å². The fraction of sp³-hybridized carbons (Fsp3) is 0.200. The van der Waals surface area contributed by atoms with Crippen LogP contribution in [-0.2, 0) is 16.1 Å². The van der Waals surface area contributed by atoms with Gasteiger partial charge in [0.2, 0.25) is 5.82 Å². The first-order valence-electron chi connectivity index (χ1n) is 10.4. The molecule has 168 valence electrons. The SMILES string of the molecule is COCc1cc(-c2nc(-c3ccnc(N(C)CC(=O)O)c3)no2)ccc1-c1ccccc1C. The lowest BCUT2D eigenvalue weighted by atomic mass is 9.94. The molecule has 2 heterocycles. The fourth-order valence-corrected chi connectivity index (χ4v) is 3.65. The van der Waals surface area contributed by atoms with E-state index in [0.717, 1.165) is 22.3 Å². The molecule has 0 aliphatic heterocycles. The summed E-state index contributed by atoms with van der Waals surface area (Å²) in [5.41, 5.74) is 5.92. The van der Waals surface area contributed by atoms with Crippen LogP contribution < -0.4 is 4.90 Å². The molecule has 0 spiro atoms. The number of aryl methyl sites for hydroxylation is 1. The first-order valence-corrected chi connectivity index (χ1v) is 10.4.